The van der Waals surface area contributed by atoms with Gasteiger partial charge in [-0.1, -0.05) is 30.3 Å². The zero-order chi connectivity index (χ0) is 20.1. The molecule has 1 aliphatic heterocycles. The summed E-state index contributed by atoms with van der Waals surface area (Å²) < 4.78 is 10.9. The summed E-state index contributed by atoms with van der Waals surface area (Å²) in [6.07, 6.45) is -0.690. The monoisotopic (exact) mass is 384 g/mol. The van der Waals surface area contributed by atoms with Gasteiger partial charge in [-0.3, -0.25) is 9.69 Å². The van der Waals surface area contributed by atoms with Gasteiger partial charge in [0.05, 0.1) is 13.7 Å². The predicted octanol–water partition coefficient (Wildman–Crippen LogP) is 2.40. The first kappa shape index (κ1) is 20.2. The number of methoxy groups -OCH3 is 1. The van der Waals surface area contributed by atoms with E-state index in [-0.39, 0.29) is 12.5 Å². The quantitative estimate of drug-likeness (QED) is 0.794. The molecule has 2 aromatic carbocycles. The average Bonchev–Trinajstić information content (AvgIpc) is 2.68. The summed E-state index contributed by atoms with van der Waals surface area (Å²) in [5.74, 6) is 1.29. The molecule has 3 rings (SSSR count). The summed E-state index contributed by atoms with van der Waals surface area (Å²) in [6, 6.07) is 13.4. The highest BCUT2D eigenvalue weighted by atomic mass is 16.5. The molecule has 150 valence electrons. The SMILES string of the molecule is COc1ccccc1OCC(O)CN1CCN(c2c(C)cccc2C)C(=O)C1. The van der Waals surface area contributed by atoms with E-state index in [0.29, 0.717) is 37.7 Å². The molecule has 1 atom stereocenters. The van der Waals surface area contributed by atoms with E-state index in [1.165, 1.54) is 0 Å². The van der Waals surface area contributed by atoms with Gasteiger partial charge in [0.1, 0.15) is 12.7 Å². The lowest BCUT2D eigenvalue weighted by atomic mass is 10.1. The van der Waals surface area contributed by atoms with Crippen LogP contribution in [0, 0.1) is 13.8 Å². The number of carbonyl (C=O) groups excluding carboxylic acids is 1. The number of aryl methyl sites for hydroxylation is 2. The lowest BCUT2D eigenvalue weighted by Crippen LogP contribution is -2.53. The minimum atomic E-state index is -0.690. The number of ether oxygens (including phenoxy) is 2. The van der Waals surface area contributed by atoms with E-state index in [1.54, 1.807) is 13.2 Å². The van der Waals surface area contributed by atoms with Crippen molar-refractivity contribution in [3.8, 4) is 11.5 Å². The number of β-amino-alcohol motifs (C(OH)–C–C–N with tert-alkyl or cyclic N) is 1. The molecule has 1 unspecified atom stereocenters. The summed E-state index contributed by atoms with van der Waals surface area (Å²) in [7, 11) is 1.58. The molecule has 0 spiro atoms. The zero-order valence-electron chi connectivity index (χ0n) is 16.7. The summed E-state index contributed by atoms with van der Waals surface area (Å²) in [5, 5.41) is 10.4. The highest BCUT2D eigenvalue weighted by Crippen LogP contribution is 2.27. The molecule has 0 bridgehead atoms. The smallest absolute Gasteiger partial charge is 0.241 e. The van der Waals surface area contributed by atoms with Gasteiger partial charge in [-0.25, -0.2) is 0 Å². The third kappa shape index (κ3) is 4.64. The van der Waals surface area contributed by atoms with Crippen LogP contribution < -0.4 is 14.4 Å². The molecule has 0 radical (unpaired) electrons. The molecule has 1 amide bonds. The van der Waals surface area contributed by atoms with Crippen molar-refractivity contribution in [2.24, 2.45) is 0 Å². The van der Waals surface area contributed by atoms with Crippen LogP contribution in [-0.2, 0) is 4.79 Å². The van der Waals surface area contributed by atoms with Gasteiger partial charge in [0.2, 0.25) is 5.91 Å². The number of benzene rings is 2. The van der Waals surface area contributed by atoms with E-state index in [0.717, 1.165) is 16.8 Å². The first-order valence-electron chi connectivity index (χ1n) is 9.52. The van der Waals surface area contributed by atoms with E-state index in [1.807, 2.05) is 60.0 Å². The maximum Gasteiger partial charge on any atom is 0.241 e. The Balaban J connectivity index is 1.54. The second-order valence-electron chi connectivity index (χ2n) is 7.14. The number of piperazine rings is 1. The zero-order valence-corrected chi connectivity index (χ0v) is 16.7. The van der Waals surface area contributed by atoms with E-state index < -0.39 is 6.10 Å². The van der Waals surface area contributed by atoms with Crippen LogP contribution in [0.1, 0.15) is 11.1 Å². The lowest BCUT2D eigenvalue weighted by molar-refractivity contribution is -0.121. The predicted molar refractivity (Wildman–Crippen MR) is 109 cm³/mol. The Bertz CT molecular complexity index is 804. The average molecular weight is 384 g/mol. The van der Waals surface area contributed by atoms with Crippen molar-refractivity contribution in [2.45, 2.75) is 20.0 Å². The molecule has 6 heteroatoms. The van der Waals surface area contributed by atoms with Crippen LogP contribution in [0.25, 0.3) is 0 Å². The molecule has 2 aromatic rings. The number of hydrogen-bond acceptors (Lipinski definition) is 5. The molecular weight excluding hydrogens is 356 g/mol. The van der Waals surface area contributed by atoms with Gasteiger partial charge < -0.3 is 19.5 Å². The first-order chi connectivity index (χ1) is 13.5. The molecule has 0 aliphatic carbocycles. The number of nitrogens with zero attached hydrogens (tertiary/aromatic N) is 2. The molecule has 6 nitrogen and oxygen atoms in total. The van der Waals surface area contributed by atoms with Crippen molar-refractivity contribution in [1.82, 2.24) is 4.90 Å². The van der Waals surface area contributed by atoms with Crippen LogP contribution in [0.4, 0.5) is 5.69 Å². The van der Waals surface area contributed by atoms with Crippen molar-refractivity contribution in [3.05, 3.63) is 53.6 Å². The fraction of sp³-hybridized carbons (Fsp3) is 0.409. The van der Waals surface area contributed by atoms with Crippen LogP contribution in [0.15, 0.2) is 42.5 Å². The third-order valence-corrected chi connectivity index (χ3v) is 4.98. The number of amides is 1. The Morgan fingerprint density at radius 3 is 2.36 bits per heavy atom. The van der Waals surface area contributed by atoms with Crippen LogP contribution in [0.2, 0.25) is 0 Å². The molecular formula is C22H28N2O4. The van der Waals surface area contributed by atoms with Crippen LogP contribution in [-0.4, -0.2) is 61.9 Å². The van der Waals surface area contributed by atoms with Gasteiger partial charge in [0.15, 0.2) is 11.5 Å². The van der Waals surface area contributed by atoms with Crippen LogP contribution in [0.5, 0.6) is 11.5 Å². The maximum absolute atomic E-state index is 12.7. The molecule has 1 saturated heterocycles. The molecule has 1 N–H and O–H groups in total. The van der Waals surface area contributed by atoms with Gasteiger partial charge in [0.25, 0.3) is 0 Å². The normalized spacial score (nSPS) is 16.1. The van der Waals surface area contributed by atoms with E-state index in [4.69, 9.17) is 9.47 Å². The van der Waals surface area contributed by atoms with E-state index >= 15 is 0 Å². The van der Waals surface area contributed by atoms with E-state index in [9.17, 15) is 9.90 Å². The number of aliphatic hydroxyl groups excluding tert-OH is 1. The van der Waals surface area contributed by atoms with Crippen molar-refractivity contribution < 1.29 is 19.4 Å². The largest absolute Gasteiger partial charge is 0.493 e. The Hall–Kier alpha value is -2.57. The fourth-order valence-corrected chi connectivity index (χ4v) is 3.62. The molecule has 1 heterocycles. The number of rotatable bonds is 7. The molecule has 0 saturated carbocycles. The minimum Gasteiger partial charge on any atom is -0.493 e. The summed E-state index contributed by atoms with van der Waals surface area (Å²) in [6.45, 7) is 6.21. The van der Waals surface area contributed by atoms with Crippen molar-refractivity contribution >= 4 is 11.6 Å². The standard InChI is InChI=1S/C22H28N2O4/c1-16-7-6-8-17(2)22(16)24-12-11-23(14-21(24)26)13-18(25)15-28-20-10-5-4-9-19(20)27-3/h4-10,18,25H,11-15H2,1-3H3. The number of hydrogen-bond donors (Lipinski definition) is 1. The topological polar surface area (TPSA) is 62.2 Å². The Labute approximate surface area is 166 Å². The van der Waals surface area contributed by atoms with Crippen molar-refractivity contribution in [1.29, 1.82) is 0 Å². The minimum absolute atomic E-state index is 0.0569. The number of carbonyl (C=O) groups is 1. The molecule has 1 fully saturated rings. The van der Waals surface area contributed by atoms with Crippen molar-refractivity contribution in [2.75, 3.05) is 44.8 Å². The summed E-state index contributed by atoms with van der Waals surface area (Å²) >= 11 is 0. The highest BCUT2D eigenvalue weighted by molar-refractivity contribution is 5.97. The van der Waals surface area contributed by atoms with Gasteiger partial charge in [0, 0.05) is 25.3 Å². The molecule has 28 heavy (non-hydrogen) atoms. The second kappa shape index (κ2) is 9.08. The highest BCUT2D eigenvalue weighted by Gasteiger charge is 2.28. The van der Waals surface area contributed by atoms with Gasteiger partial charge in [-0.15, -0.1) is 0 Å². The third-order valence-electron chi connectivity index (χ3n) is 4.98. The second-order valence-corrected chi connectivity index (χ2v) is 7.14. The van der Waals surface area contributed by atoms with Crippen LogP contribution in [0.3, 0.4) is 0 Å². The maximum atomic E-state index is 12.7. The fourth-order valence-electron chi connectivity index (χ4n) is 3.62. The van der Waals surface area contributed by atoms with E-state index in [2.05, 4.69) is 0 Å². The Morgan fingerprint density at radius 1 is 1.04 bits per heavy atom. The molecule has 1 aliphatic rings. The van der Waals surface area contributed by atoms with Gasteiger partial charge >= 0.3 is 0 Å². The number of para-hydroxylation sites is 3. The Kier molecular flexibility index (Phi) is 6.54. The van der Waals surface area contributed by atoms with Crippen molar-refractivity contribution in [3.63, 3.8) is 0 Å². The first-order valence-corrected chi connectivity index (χ1v) is 9.52. The molecule has 0 aromatic heterocycles. The summed E-state index contributed by atoms with van der Waals surface area (Å²) in [4.78, 5) is 16.5. The Morgan fingerprint density at radius 2 is 1.71 bits per heavy atom. The number of aliphatic hydroxyl groups is 1. The lowest BCUT2D eigenvalue weighted by Gasteiger charge is -2.36. The summed E-state index contributed by atoms with van der Waals surface area (Å²) in [5.41, 5.74) is 3.21. The number of anilines is 1. The van der Waals surface area contributed by atoms with Gasteiger partial charge in [-0.2, -0.15) is 0 Å². The van der Waals surface area contributed by atoms with Gasteiger partial charge in [-0.05, 0) is 37.1 Å². The van der Waals surface area contributed by atoms with Crippen LogP contribution >= 0.6 is 0 Å².